The summed E-state index contributed by atoms with van der Waals surface area (Å²) in [6.45, 7) is 13.1. The van der Waals surface area contributed by atoms with Crippen molar-refractivity contribution >= 4 is 18.0 Å². The van der Waals surface area contributed by atoms with Crippen LogP contribution in [0.2, 0.25) is 0 Å². The number of amides is 2. The van der Waals surface area contributed by atoms with Crippen LogP contribution in [0.15, 0.2) is 0 Å². The Kier molecular flexibility index (Phi) is 6.07. The van der Waals surface area contributed by atoms with E-state index in [0.717, 1.165) is 19.3 Å². The molecule has 0 aromatic carbocycles. The Labute approximate surface area is 168 Å². The minimum Gasteiger partial charge on any atom is -0.479 e. The van der Waals surface area contributed by atoms with Gasteiger partial charge in [-0.15, -0.1) is 0 Å². The molecule has 160 valence electrons. The van der Waals surface area contributed by atoms with E-state index in [2.05, 4.69) is 5.32 Å². The average molecular weight is 397 g/mol. The van der Waals surface area contributed by atoms with E-state index in [9.17, 15) is 19.5 Å². The van der Waals surface area contributed by atoms with E-state index < -0.39 is 34.7 Å². The van der Waals surface area contributed by atoms with Crippen LogP contribution in [0, 0.1) is 17.3 Å². The second kappa shape index (κ2) is 7.56. The van der Waals surface area contributed by atoms with Gasteiger partial charge in [0.2, 0.25) is 5.91 Å². The van der Waals surface area contributed by atoms with Crippen molar-refractivity contribution in [2.24, 2.45) is 17.3 Å². The SMILES string of the molecule is CC[C@@]1(C(=O)O)[C@H]2CCC[C@H]2CN1C(=O)[C@@H](NC(=O)OC(C)(C)C)C(C)(C)C. The molecule has 2 rings (SSSR count). The van der Waals surface area contributed by atoms with Crippen LogP contribution in [0.25, 0.3) is 0 Å². The van der Waals surface area contributed by atoms with Gasteiger partial charge in [0.05, 0.1) is 0 Å². The summed E-state index contributed by atoms with van der Waals surface area (Å²) in [6, 6.07) is -0.869. The van der Waals surface area contributed by atoms with Crippen molar-refractivity contribution in [3.63, 3.8) is 0 Å². The van der Waals surface area contributed by atoms with E-state index in [-0.39, 0.29) is 17.7 Å². The first kappa shape index (κ1) is 22.5. The fraction of sp³-hybridized carbons (Fsp3) is 0.857. The molecule has 1 aliphatic carbocycles. The summed E-state index contributed by atoms with van der Waals surface area (Å²) in [6.07, 6.45) is 2.47. The molecule has 4 atom stereocenters. The highest BCUT2D eigenvalue weighted by atomic mass is 16.6. The number of nitrogens with one attached hydrogen (secondary N) is 1. The summed E-state index contributed by atoms with van der Waals surface area (Å²) in [4.78, 5) is 39.9. The van der Waals surface area contributed by atoms with Gasteiger partial charge in [0.25, 0.3) is 0 Å². The Morgan fingerprint density at radius 2 is 1.79 bits per heavy atom. The molecule has 0 unspecified atom stereocenters. The molecule has 0 aromatic heterocycles. The van der Waals surface area contributed by atoms with Gasteiger partial charge in [-0.3, -0.25) is 4.79 Å². The first-order chi connectivity index (χ1) is 12.7. The number of carbonyl (C=O) groups excluding carboxylic acids is 2. The lowest BCUT2D eigenvalue weighted by Crippen LogP contribution is -2.63. The first-order valence-electron chi connectivity index (χ1n) is 10.3. The Morgan fingerprint density at radius 3 is 2.25 bits per heavy atom. The number of nitrogens with zero attached hydrogens (tertiary/aromatic N) is 1. The van der Waals surface area contributed by atoms with Gasteiger partial charge in [-0.25, -0.2) is 9.59 Å². The molecular formula is C21H36N2O5. The molecule has 1 aliphatic heterocycles. The van der Waals surface area contributed by atoms with Crippen LogP contribution >= 0.6 is 0 Å². The second-order valence-electron chi connectivity index (χ2n) is 10.3. The van der Waals surface area contributed by atoms with Gasteiger partial charge < -0.3 is 20.1 Å². The molecule has 0 spiro atoms. The van der Waals surface area contributed by atoms with Crippen molar-refractivity contribution in [3.05, 3.63) is 0 Å². The molecule has 7 nitrogen and oxygen atoms in total. The molecule has 28 heavy (non-hydrogen) atoms. The lowest BCUT2D eigenvalue weighted by Gasteiger charge is -2.42. The summed E-state index contributed by atoms with van der Waals surface area (Å²) in [5.74, 6) is -1.09. The Bertz CT molecular complexity index is 634. The predicted octanol–water partition coefficient (Wildman–Crippen LogP) is 3.42. The molecule has 1 saturated carbocycles. The van der Waals surface area contributed by atoms with E-state index >= 15 is 0 Å². The van der Waals surface area contributed by atoms with Gasteiger partial charge in [-0.1, -0.05) is 34.1 Å². The zero-order chi connectivity index (χ0) is 21.5. The maximum atomic E-state index is 13.6. The van der Waals surface area contributed by atoms with Crippen molar-refractivity contribution in [3.8, 4) is 0 Å². The second-order valence-corrected chi connectivity index (χ2v) is 10.3. The summed E-state index contributed by atoms with van der Waals surface area (Å²) in [7, 11) is 0. The fourth-order valence-corrected chi connectivity index (χ4v) is 4.88. The van der Waals surface area contributed by atoms with Gasteiger partial charge >= 0.3 is 12.1 Å². The van der Waals surface area contributed by atoms with Crippen molar-refractivity contribution < 1.29 is 24.2 Å². The number of hydrogen-bond acceptors (Lipinski definition) is 4. The van der Waals surface area contributed by atoms with E-state index in [0.29, 0.717) is 13.0 Å². The molecule has 0 radical (unpaired) electrons. The third-order valence-corrected chi connectivity index (χ3v) is 6.12. The minimum absolute atomic E-state index is 0.0268. The van der Waals surface area contributed by atoms with Crippen LogP contribution in [-0.4, -0.2) is 51.7 Å². The Morgan fingerprint density at radius 1 is 1.18 bits per heavy atom. The summed E-state index contributed by atoms with van der Waals surface area (Å²) >= 11 is 0. The minimum atomic E-state index is -1.20. The number of carboxylic acid groups (broad SMARTS) is 1. The van der Waals surface area contributed by atoms with Crippen LogP contribution in [0.4, 0.5) is 4.79 Å². The standard InChI is InChI=1S/C21H36N2O5/c1-8-21(17(25)26)14-11-9-10-13(14)12-23(21)16(24)15(19(2,3)4)22-18(27)28-20(5,6)7/h13-15H,8-12H2,1-7H3,(H,22,27)(H,25,26)/t13-,14-,15+,21-/m0/s1. The zero-order valence-corrected chi connectivity index (χ0v) is 18.3. The van der Waals surface area contributed by atoms with E-state index in [1.54, 1.807) is 20.8 Å². The van der Waals surface area contributed by atoms with Crippen LogP contribution < -0.4 is 5.32 Å². The summed E-state index contributed by atoms with van der Waals surface area (Å²) in [5.41, 5.74) is -2.48. The van der Waals surface area contributed by atoms with E-state index in [4.69, 9.17) is 4.74 Å². The molecule has 2 amide bonds. The number of carbonyl (C=O) groups is 3. The zero-order valence-electron chi connectivity index (χ0n) is 18.3. The van der Waals surface area contributed by atoms with Crippen LogP contribution in [-0.2, 0) is 14.3 Å². The van der Waals surface area contributed by atoms with E-state index in [1.807, 2.05) is 27.7 Å². The molecule has 1 saturated heterocycles. The normalized spacial score (nSPS) is 28.6. The average Bonchev–Trinajstić information content (AvgIpc) is 3.08. The highest BCUT2D eigenvalue weighted by molar-refractivity contribution is 5.93. The number of carboxylic acids is 1. The number of rotatable bonds is 4. The summed E-state index contributed by atoms with van der Waals surface area (Å²) < 4.78 is 5.34. The molecular weight excluding hydrogens is 360 g/mol. The Hall–Kier alpha value is -1.79. The topological polar surface area (TPSA) is 95.9 Å². The smallest absolute Gasteiger partial charge is 0.408 e. The van der Waals surface area contributed by atoms with Crippen molar-refractivity contribution in [1.82, 2.24) is 10.2 Å². The maximum absolute atomic E-state index is 13.6. The van der Waals surface area contributed by atoms with Crippen molar-refractivity contribution in [1.29, 1.82) is 0 Å². The van der Waals surface area contributed by atoms with Crippen molar-refractivity contribution in [2.75, 3.05) is 6.54 Å². The number of likely N-dealkylation sites (tertiary alicyclic amines) is 1. The predicted molar refractivity (Wildman–Crippen MR) is 106 cm³/mol. The monoisotopic (exact) mass is 396 g/mol. The summed E-state index contributed by atoms with van der Waals surface area (Å²) in [5, 5.41) is 12.9. The van der Waals surface area contributed by atoms with Crippen molar-refractivity contribution in [2.45, 2.75) is 91.3 Å². The Balaban J connectivity index is 2.35. The third-order valence-electron chi connectivity index (χ3n) is 6.12. The molecule has 2 fully saturated rings. The first-order valence-corrected chi connectivity index (χ1v) is 10.3. The molecule has 2 aliphatic rings. The molecule has 1 heterocycles. The molecule has 7 heteroatoms. The number of hydrogen-bond donors (Lipinski definition) is 2. The third kappa shape index (κ3) is 4.13. The van der Waals surface area contributed by atoms with Gasteiger partial charge in [-0.2, -0.15) is 0 Å². The quantitative estimate of drug-likeness (QED) is 0.759. The lowest BCUT2D eigenvalue weighted by atomic mass is 9.78. The van der Waals surface area contributed by atoms with Gasteiger partial charge in [0.1, 0.15) is 17.2 Å². The maximum Gasteiger partial charge on any atom is 0.408 e. The molecule has 0 aromatic rings. The van der Waals surface area contributed by atoms with Gasteiger partial charge in [0, 0.05) is 6.54 Å². The van der Waals surface area contributed by atoms with Crippen LogP contribution in [0.1, 0.15) is 74.1 Å². The fourth-order valence-electron chi connectivity index (χ4n) is 4.88. The highest BCUT2D eigenvalue weighted by Crippen LogP contribution is 2.50. The molecule has 0 bridgehead atoms. The highest BCUT2D eigenvalue weighted by Gasteiger charge is 2.61. The van der Waals surface area contributed by atoms with Gasteiger partial charge in [0.15, 0.2) is 0 Å². The number of ether oxygens (including phenoxy) is 1. The number of alkyl carbamates (subject to hydrolysis) is 1. The van der Waals surface area contributed by atoms with E-state index in [1.165, 1.54) is 4.90 Å². The number of aliphatic carboxylic acids is 1. The largest absolute Gasteiger partial charge is 0.479 e. The lowest BCUT2D eigenvalue weighted by molar-refractivity contribution is -0.161. The van der Waals surface area contributed by atoms with Gasteiger partial charge in [-0.05, 0) is 57.3 Å². The molecule has 2 N–H and O–H groups in total. The van der Waals surface area contributed by atoms with Crippen LogP contribution in [0.3, 0.4) is 0 Å². The van der Waals surface area contributed by atoms with Crippen LogP contribution in [0.5, 0.6) is 0 Å². The number of fused-ring (bicyclic) bond motifs is 1.